The van der Waals surface area contributed by atoms with Crippen molar-refractivity contribution in [2.75, 3.05) is 13.7 Å². The van der Waals surface area contributed by atoms with Gasteiger partial charge < -0.3 is 29.7 Å². The lowest BCUT2D eigenvalue weighted by Crippen LogP contribution is -2.59. The number of nitrogens with zero attached hydrogens (tertiary/aromatic N) is 2. The first-order valence-electron chi connectivity index (χ1n) is 18.0. The number of benzene rings is 1. The lowest BCUT2D eigenvalue weighted by atomic mass is 9.83. The number of amides is 4. The van der Waals surface area contributed by atoms with E-state index < -0.39 is 74.3 Å². The fourth-order valence-electron chi connectivity index (χ4n) is 7.36. The van der Waals surface area contributed by atoms with Crippen molar-refractivity contribution in [3.63, 3.8) is 0 Å². The van der Waals surface area contributed by atoms with E-state index >= 15 is 0 Å². The van der Waals surface area contributed by atoms with Crippen molar-refractivity contribution >= 4 is 44.6 Å². The summed E-state index contributed by atoms with van der Waals surface area (Å²) in [7, 11) is -2.32. The zero-order valence-corrected chi connectivity index (χ0v) is 31.0. The highest BCUT2D eigenvalue weighted by atomic mass is 32.2. The van der Waals surface area contributed by atoms with E-state index in [1.807, 2.05) is 18.2 Å². The third-order valence-electron chi connectivity index (χ3n) is 10.4. The first-order chi connectivity index (χ1) is 24.6. The number of pyridine rings is 1. The molecule has 5 atom stereocenters. The summed E-state index contributed by atoms with van der Waals surface area (Å²) < 4.78 is 44.9. The zero-order valence-electron chi connectivity index (χ0n) is 30.2. The molecule has 2 aromatic rings. The summed E-state index contributed by atoms with van der Waals surface area (Å²) in [6.07, 6.45) is 7.03. The van der Waals surface area contributed by atoms with Crippen LogP contribution in [0.4, 0.5) is 4.79 Å². The van der Waals surface area contributed by atoms with E-state index in [4.69, 9.17) is 14.2 Å². The van der Waals surface area contributed by atoms with Crippen molar-refractivity contribution in [1.82, 2.24) is 25.2 Å². The number of likely N-dealkylation sites (tertiary alicyclic amines) is 1. The molecule has 4 aliphatic rings. The van der Waals surface area contributed by atoms with Crippen molar-refractivity contribution in [3.8, 4) is 11.6 Å². The molecule has 4 amide bonds. The standard InChI is InChI=1S/C37H49N5O9S/c1-6-24-20-37(24,34(45)41-52(47,48)27-13-14-27)40-31(43)29-19-26(50-32-28-15-12-25(49-5)18-23(28)16-17-38-32)21-42(29)33(44)30(22-10-8-7-9-11-22)39-35(46)51-36(2,3)4/h6,12,15-18,22,24,26-27,29-30H,1,7-11,13-14,19-21H2,2-5H3,(H,39,46)(H,40,43)(H,41,45)/t24-,26-,29+,30?,37-/m1/s1. The Kier molecular flexibility index (Phi) is 10.5. The van der Waals surface area contributed by atoms with Crippen molar-refractivity contribution < 1.29 is 41.8 Å². The van der Waals surface area contributed by atoms with Crippen molar-refractivity contribution in [1.29, 1.82) is 0 Å². The fraction of sp³-hybridized carbons (Fsp3) is 0.595. The van der Waals surface area contributed by atoms with Crippen LogP contribution in [-0.4, -0.2) is 90.3 Å². The topological polar surface area (TPSA) is 182 Å². The van der Waals surface area contributed by atoms with Gasteiger partial charge in [-0.3, -0.25) is 19.1 Å². The molecule has 4 fully saturated rings. The number of nitrogens with one attached hydrogen (secondary N) is 3. The van der Waals surface area contributed by atoms with Crippen LogP contribution in [0.3, 0.4) is 0 Å². The van der Waals surface area contributed by atoms with Crippen LogP contribution in [0.1, 0.15) is 78.6 Å². The van der Waals surface area contributed by atoms with Crippen LogP contribution in [0.2, 0.25) is 0 Å². The first kappa shape index (κ1) is 37.4. The van der Waals surface area contributed by atoms with E-state index in [0.29, 0.717) is 42.7 Å². The van der Waals surface area contributed by atoms with Gasteiger partial charge in [0.25, 0.3) is 5.91 Å². The molecular weight excluding hydrogens is 691 g/mol. The molecule has 6 rings (SSSR count). The quantitative estimate of drug-likeness (QED) is 0.271. The lowest BCUT2D eigenvalue weighted by Gasteiger charge is -2.35. The van der Waals surface area contributed by atoms with E-state index in [1.54, 1.807) is 40.1 Å². The highest BCUT2D eigenvalue weighted by Gasteiger charge is 2.62. The Morgan fingerprint density at radius 3 is 2.44 bits per heavy atom. The molecule has 1 unspecified atom stereocenters. The molecule has 3 saturated carbocycles. The number of aromatic nitrogens is 1. The van der Waals surface area contributed by atoms with Gasteiger partial charge in [0.1, 0.15) is 35.1 Å². The average Bonchev–Trinajstić information content (AvgIpc) is 4.03. The van der Waals surface area contributed by atoms with Gasteiger partial charge in [-0.15, -0.1) is 6.58 Å². The van der Waals surface area contributed by atoms with E-state index in [-0.39, 0.29) is 25.3 Å². The Bertz CT molecular complexity index is 1840. The van der Waals surface area contributed by atoms with Crippen LogP contribution in [0.25, 0.3) is 10.8 Å². The molecule has 15 heteroatoms. The summed E-state index contributed by atoms with van der Waals surface area (Å²) in [5.74, 6) is -1.67. The van der Waals surface area contributed by atoms with Crippen LogP contribution < -0.4 is 24.8 Å². The van der Waals surface area contributed by atoms with Gasteiger partial charge >= 0.3 is 6.09 Å². The number of sulfonamides is 1. The van der Waals surface area contributed by atoms with Crippen LogP contribution in [0.5, 0.6) is 11.6 Å². The molecule has 1 aliphatic heterocycles. The lowest BCUT2D eigenvalue weighted by molar-refractivity contribution is -0.142. The summed E-state index contributed by atoms with van der Waals surface area (Å²) >= 11 is 0. The smallest absolute Gasteiger partial charge is 0.408 e. The Morgan fingerprint density at radius 1 is 1.08 bits per heavy atom. The van der Waals surface area contributed by atoms with Gasteiger partial charge in [0.2, 0.25) is 27.7 Å². The predicted octanol–water partition coefficient (Wildman–Crippen LogP) is 3.73. The Morgan fingerprint density at radius 2 is 1.81 bits per heavy atom. The largest absolute Gasteiger partial charge is 0.497 e. The number of hydrogen-bond acceptors (Lipinski definition) is 10. The third kappa shape index (κ3) is 8.13. The average molecular weight is 740 g/mol. The maximum absolute atomic E-state index is 14.7. The molecule has 14 nitrogen and oxygen atoms in total. The molecule has 0 radical (unpaired) electrons. The summed E-state index contributed by atoms with van der Waals surface area (Å²) in [6.45, 7) is 8.98. The minimum absolute atomic E-state index is 0.00942. The summed E-state index contributed by atoms with van der Waals surface area (Å²) in [6, 6.07) is 5.19. The number of methoxy groups -OCH3 is 1. The SMILES string of the molecule is C=C[C@@H]1C[C@]1(NC(=O)[C@@H]1C[C@@H](Oc2nccc3cc(OC)ccc23)CN1C(=O)C(NC(=O)OC(C)(C)C)C1CCCCC1)C(=O)NS(=O)(=O)C1CC1. The molecule has 0 spiro atoms. The van der Waals surface area contributed by atoms with E-state index in [2.05, 4.69) is 26.9 Å². The second-order valence-electron chi connectivity index (χ2n) is 15.4. The molecule has 282 valence electrons. The first-order valence-corrected chi connectivity index (χ1v) is 19.6. The van der Waals surface area contributed by atoms with E-state index in [1.165, 1.54) is 11.0 Å². The molecular formula is C37H49N5O9S. The van der Waals surface area contributed by atoms with Crippen LogP contribution in [0, 0.1) is 11.8 Å². The number of alkyl carbamates (subject to hydrolysis) is 1. The van der Waals surface area contributed by atoms with Crippen LogP contribution >= 0.6 is 0 Å². The number of ether oxygens (including phenoxy) is 3. The van der Waals surface area contributed by atoms with E-state index in [0.717, 1.165) is 24.6 Å². The van der Waals surface area contributed by atoms with Crippen molar-refractivity contribution in [3.05, 3.63) is 43.1 Å². The minimum Gasteiger partial charge on any atom is -0.497 e. The maximum atomic E-state index is 14.7. The third-order valence-corrected chi connectivity index (χ3v) is 12.2. The predicted molar refractivity (Wildman–Crippen MR) is 192 cm³/mol. The highest BCUT2D eigenvalue weighted by Crippen LogP contribution is 2.45. The van der Waals surface area contributed by atoms with Crippen molar-refractivity contribution in [2.45, 2.75) is 113 Å². The van der Waals surface area contributed by atoms with Gasteiger partial charge in [0.15, 0.2) is 0 Å². The van der Waals surface area contributed by atoms with Gasteiger partial charge in [-0.05, 0) is 88.4 Å². The van der Waals surface area contributed by atoms with Gasteiger partial charge in [-0.1, -0.05) is 25.3 Å². The van der Waals surface area contributed by atoms with Gasteiger partial charge in [-0.25, -0.2) is 18.2 Å². The molecule has 52 heavy (non-hydrogen) atoms. The summed E-state index contributed by atoms with van der Waals surface area (Å²) in [4.78, 5) is 61.4. The molecule has 2 heterocycles. The summed E-state index contributed by atoms with van der Waals surface area (Å²) in [5, 5.41) is 6.53. The van der Waals surface area contributed by atoms with Gasteiger partial charge in [0.05, 0.1) is 18.9 Å². The van der Waals surface area contributed by atoms with Crippen molar-refractivity contribution in [2.24, 2.45) is 11.8 Å². The Balaban J connectivity index is 1.29. The molecule has 1 aromatic heterocycles. The second-order valence-corrected chi connectivity index (χ2v) is 17.4. The van der Waals surface area contributed by atoms with Crippen LogP contribution in [-0.2, 0) is 29.1 Å². The number of carbonyl (C=O) groups is 4. The molecule has 1 aromatic carbocycles. The Hall–Kier alpha value is -4.40. The molecule has 0 bridgehead atoms. The normalized spacial score (nSPS) is 25.5. The number of fused-ring (bicyclic) bond motifs is 1. The van der Waals surface area contributed by atoms with E-state index in [9.17, 15) is 27.6 Å². The van der Waals surface area contributed by atoms with Gasteiger partial charge in [0, 0.05) is 23.9 Å². The number of rotatable bonds is 12. The van der Waals surface area contributed by atoms with Gasteiger partial charge in [-0.2, -0.15) is 0 Å². The Labute approximate surface area is 304 Å². The second kappa shape index (κ2) is 14.6. The molecule has 1 saturated heterocycles. The fourth-order valence-corrected chi connectivity index (χ4v) is 8.73. The molecule has 3 aliphatic carbocycles. The summed E-state index contributed by atoms with van der Waals surface area (Å²) in [5.41, 5.74) is -2.34. The highest BCUT2D eigenvalue weighted by molar-refractivity contribution is 7.91. The monoisotopic (exact) mass is 739 g/mol. The zero-order chi connectivity index (χ0) is 37.4. The number of carbonyl (C=O) groups excluding carboxylic acids is 4. The number of hydrogen-bond donors (Lipinski definition) is 3. The maximum Gasteiger partial charge on any atom is 0.408 e. The van der Waals surface area contributed by atoms with Crippen LogP contribution in [0.15, 0.2) is 43.1 Å². The minimum atomic E-state index is -3.89. The molecule has 3 N–H and O–H groups in total.